The average molecular weight is 289 g/mol. The summed E-state index contributed by atoms with van der Waals surface area (Å²) < 4.78 is 0. The zero-order valence-electron chi connectivity index (χ0n) is 10.9. The SMILES string of the molecule is O=C(O)CN(CCc1ccccc1)C(=O)c1cccs1. The summed E-state index contributed by atoms with van der Waals surface area (Å²) in [5.74, 6) is -1.22. The number of nitrogens with zero attached hydrogens (tertiary/aromatic N) is 1. The Bertz CT molecular complexity index is 566. The maximum absolute atomic E-state index is 12.2. The molecule has 1 heterocycles. The Morgan fingerprint density at radius 3 is 2.45 bits per heavy atom. The average Bonchev–Trinajstić information content (AvgIpc) is 2.97. The number of hydrogen-bond donors (Lipinski definition) is 1. The lowest BCUT2D eigenvalue weighted by Crippen LogP contribution is -2.36. The van der Waals surface area contributed by atoms with E-state index in [1.54, 1.807) is 12.1 Å². The topological polar surface area (TPSA) is 57.6 Å². The third-order valence-electron chi connectivity index (χ3n) is 2.86. The number of thiophene rings is 1. The van der Waals surface area contributed by atoms with E-state index in [1.165, 1.54) is 16.2 Å². The van der Waals surface area contributed by atoms with Gasteiger partial charge in [0, 0.05) is 6.54 Å². The van der Waals surface area contributed by atoms with E-state index in [9.17, 15) is 9.59 Å². The number of carboxylic acids is 1. The molecule has 1 amide bonds. The summed E-state index contributed by atoms with van der Waals surface area (Å²) in [6.45, 7) is 0.122. The molecular weight excluding hydrogens is 274 g/mol. The predicted molar refractivity (Wildman–Crippen MR) is 78.0 cm³/mol. The van der Waals surface area contributed by atoms with Crippen molar-refractivity contribution in [3.8, 4) is 0 Å². The highest BCUT2D eigenvalue weighted by Crippen LogP contribution is 2.12. The lowest BCUT2D eigenvalue weighted by molar-refractivity contribution is -0.137. The molecule has 1 aromatic heterocycles. The van der Waals surface area contributed by atoms with E-state index < -0.39 is 5.97 Å². The molecular formula is C15H15NO3S. The van der Waals surface area contributed by atoms with Crippen molar-refractivity contribution in [2.75, 3.05) is 13.1 Å². The lowest BCUT2D eigenvalue weighted by atomic mass is 10.1. The predicted octanol–water partition coefficient (Wildman–Crippen LogP) is 2.52. The van der Waals surface area contributed by atoms with Gasteiger partial charge in [-0.1, -0.05) is 36.4 Å². The zero-order valence-corrected chi connectivity index (χ0v) is 11.7. The number of rotatable bonds is 6. The smallest absolute Gasteiger partial charge is 0.323 e. The van der Waals surface area contributed by atoms with Crippen LogP contribution in [0, 0.1) is 0 Å². The minimum atomic E-state index is -0.997. The fraction of sp³-hybridized carbons (Fsp3) is 0.200. The Morgan fingerprint density at radius 2 is 1.85 bits per heavy atom. The fourth-order valence-electron chi connectivity index (χ4n) is 1.88. The molecule has 20 heavy (non-hydrogen) atoms. The Kier molecular flexibility index (Phi) is 4.90. The number of carboxylic acid groups (broad SMARTS) is 1. The molecule has 0 radical (unpaired) electrons. The summed E-state index contributed by atoms with van der Waals surface area (Å²) >= 11 is 1.32. The molecule has 0 spiro atoms. The van der Waals surface area contributed by atoms with Gasteiger partial charge in [0.15, 0.2) is 0 Å². The summed E-state index contributed by atoms with van der Waals surface area (Å²) in [5, 5.41) is 10.7. The van der Waals surface area contributed by atoms with Crippen molar-refractivity contribution >= 4 is 23.2 Å². The van der Waals surface area contributed by atoms with Gasteiger partial charge in [-0.3, -0.25) is 9.59 Å². The Morgan fingerprint density at radius 1 is 1.10 bits per heavy atom. The minimum absolute atomic E-state index is 0.224. The van der Waals surface area contributed by atoms with Crippen molar-refractivity contribution in [1.29, 1.82) is 0 Å². The molecule has 5 heteroatoms. The van der Waals surface area contributed by atoms with Crippen LogP contribution < -0.4 is 0 Å². The van der Waals surface area contributed by atoms with Crippen LogP contribution in [0.15, 0.2) is 47.8 Å². The molecule has 1 aromatic carbocycles. The first-order valence-corrected chi connectivity index (χ1v) is 7.13. The van der Waals surface area contributed by atoms with E-state index in [-0.39, 0.29) is 12.5 Å². The van der Waals surface area contributed by atoms with Crippen LogP contribution in [0.25, 0.3) is 0 Å². The van der Waals surface area contributed by atoms with Crippen LogP contribution in [-0.4, -0.2) is 35.0 Å². The van der Waals surface area contributed by atoms with Crippen molar-refractivity contribution in [3.05, 3.63) is 58.3 Å². The monoisotopic (exact) mass is 289 g/mol. The summed E-state index contributed by atoms with van der Waals surface area (Å²) in [4.78, 5) is 25.1. The first-order valence-electron chi connectivity index (χ1n) is 6.25. The van der Waals surface area contributed by atoms with E-state index in [1.807, 2.05) is 35.7 Å². The van der Waals surface area contributed by atoms with Crippen LogP contribution in [0.3, 0.4) is 0 Å². The third-order valence-corrected chi connectivity index (χ3v) is 3.72. The summed E-state index contributed by atoms with van der Waals surface area (Å²) in [6.07, 6.45) is 0.644. The molecule has 0 aliphatic heterocycles. The molecule has 0 bridgehead atoms. The van der Waals surface area contributed by atoms with Gasteiger partial charge in [-0.25, -0.2) is 0 Å². The molecule has 0 fully saturated rings. The molecule has 1 N–H and O–H groups in total. The molecule has 104 valence electrons. The van der Waals surface area contributed by atoms with Crippen molar-refractivity contribution in [3.63, 3.8) is 0 Å². The van der Waals surface area contributed by atoms with Gasteiger partial charge >= 0.3 is 5.97 Å². The number of hydrogen-bond acceptors (Lipinski definition) is 3. The highest BCUT2D eigenvalue weighted by molar-refractivity contribution is 7.12. The van der Waals surface area contributed by atoms with Gasteiger partial charge in [0.1, 0.15) is 6.54 Å². The van der Waals surface area contributed by atoms with E-state index in [2.05, 4.69) is 0 Å². The van der Waals surface area contributed by atoms with Crippen LogP contribution in [-0.2, 0) is 11.2 Å². The van der Waals surface area contributed by atoms with E-state index in [0.29, 0.717) is 17.8 Å². The Labute approximate surface area is 121 Å². The zero-order chi connectivity index (χ0) is 14.4. The summed E-state index contributed by atoms with van der Waals surface area (Å²) in [7, 11) is 0. The first-order chi connectivity index (χ1) is 9.66. The van der Waals surface area contributed by atoms with Crippen molar-refractivity contribution in [1.82, 2.24) is 4.90 Å². The number of amides is 1. The molecule has 0 saturated carbocycles. The molecule has 0 aliphatic carbocycles. The van der Waals surface area contributed by atoms with Crippen molar-refractivity contribution < 1.29 is 14.7 Å². The second-order valence-electron chi connectivity index (χ2n) is 4.33. The largest absolute Gasteiger partial charge is 0.480 e. The van der Waals surface area contributed by atoms with Crippen LogP contribution in [0.4, 0.5) is 0 Å². The molecule has 4 nitrogen and oxygen atoms in total. The minimum Gasteiger partial charge on any atom is -0.480 e. The molecule has 0 saturated heterocycles. The van der Waals surface area contributed by atoms with Gasteiger partial charge in [-0.2, -0.15) is 0 Å². The number of aliphatic carboxylic acids is 1. The highest BCUT2D eigenvalue weighted by Gasteiger charge is 2.19. The highest BCUT2D eigenvalue weighted by atomic mass is 32.1. The van der Waals surface area contributed by atoms with Crippen LogP contribution in [0.1, 0.15) is 15.2 Å². The van der Waals surface area contributed by atoms with E-state index in [0.717, 1.165) is 5.56 Å². The standard InChI is InChI=1S/C15H15NO3S/c17-14(18)11-16(15(19)13-7-4-10-20-13)9-8-12-5-2-1-3-6-12/h1-7,10H,8-9,11H2,(H,17,18). The lowest BCUT2D eigenvalue weighted by Gasteiger charge is -2.20. The quantitative estimate of drug-likeness (QED) is 0.889. The summed E-state index contributed by atoms with van der Waals surface area (Å²) in [5.41, 5.74) is 1.09. The fourth-order valence-corrected chi connectivity index (χ4v) is 2.57. The third kappa shape index (κ3) is 3.93. The second kappa shape index (κ2) is 6.86. The van der Waals surface area contributed by atoms with E-state index in [4.69, 9.17) is 5.11 Å². The van der Waals surface area contributed by atoms with Gasteiger partial charge in [-0.15, -0.1) is 11.3 Å². The number of carbonyl (C=O) groups excluding carboxylic acids is 1. The van der Waals surface area contributed by atoms with Crippen LogP contribution in [0.2, 0.25) is 0 Å². The number of carbonyl (C=O) groups is 2. The van der Waals surface area contributed by atoms with E-state index >= 15 is 0 Å². The maximum Gasteiger partial charge on any atom is 0.323 e. The van der Waals surface area contributed by atoms with Gasteiger partial charge in [0.05, 0.1) is 4.88 Å². The first kappa shape index (κ1) is 14.3. The Hall–Kier alpha value is -2.14. The maximum atomic E-state index is 12.2. The Balaban J connectivity index is 2.04. The van der Waals surface area contributed by atoms with Crippen LogP contribution >= 0.6 is 11.3 Å². The number of benzene rings is 1. The van der Waals surface area contributed by atoms with Crippen molar-refractivity contribution in [2.24, 2.45) is 0 Å². The van der Waals surface area contributed by atoms with Gasteiger partial charge < -0.3 is 10.0 Å². The summed E-state index contributed by atoms with van der Waals surface area (Å²) in [6, 6.07) is 13.2. The molecule has 2 aromatic rings. The van der Waals surface area contributed by atoms with Crippen molar-refractivity contribution in [2.45, 2.75) is 6.42 Å². The molecule has 0 unspecified atom stereocenters. The van der Waals surface area contributed by atoms with Gasteiger partial charge in [0.25, 0.3) is 5.91 Å². The van der Waals surface area contributed by atoms with Gasteiger partial charge in [-0.05, 0) is 23.4 Å². The van der Waals surface area contributed by atoms with Crippen LogP contribution in [0.5, 0.6) is 0 Å². The molecule has 0 atom stereocenters. The normalized spacial score (nSPS) is 10.2. The second-order valence-corrected chi connectivity index (χ2v) is 5.28. The van der Waals surface area contributed by atoms with Gasteiger partial charge in [0.2, 0.25) is 0 Å². The molecule has 0 aliphatic rings. The molecule has 2 rings (SSSR count).